The van der Waals surface area contributed by atoms with Crippen molar-refractivity contribution in [3.63, 3.8) is 0 Å². The average Bonchev–Trinajstić information content (AvgIpc) is 3.26. The van der Waals surface area contributed by atoms with Gasteiger partial charge in [-0.1, -0.05) is 58.1 Å². The Bertz CT molecular complexity index is 1680. The SMILES string of the molecule is CCC1C=Cc2cc(CC3CC=CC=CC(=O)C3C)c(Oc3ccc(-c4ccc(C(C)C)nn4)cc3)cc2N=C1C1CCN(C)CC1. The fourth-order valence-electron chi connectivity index (χ4n) is 6.94. The van der Waals surface area contributed by atoms with E-state index in [4.69, 9.17) is 9.73 Å². The van der Waals surface area contributed by atoms with Crippen LogP contribution in [-0.4, -0.2) is 46.7 Å². The molecule has 0 amide bonds. The largest absolute Gasteiger partial charge is 0.457 e. The topological polar surface area (TPSA) is 67.7 Å². The number of carbonyl (C=O) groups excluding carboxylic acids is 1. The van der Waals surface area contributed by atoms with Crippen LogP contribution in [0.3, 0.4) is 0 Å². The van der Waals surface area contributed by atoms with Crippen molar-refractivity contribution in [2.45, 2.75) is 65.7 Å². The van der Waals surface area contributed by atoms with E-state index >= 15 is 0 Å². The number of piperidine rings is 1. The van der Waals surface area contributed by atoms with Gasteiger partial charge in [-0.25, -0.2) is 0 Å². The smallest absolute Gasteiger partial charge is 0.158 e. The van der Waals surface area contributed by atoms with Gasteiger partial charge in [0.2, 0.25) is 0 Å². The summed E-state index contributed by atoms with van der Waals surface area (Å²) in [6, 6.07) is 16.5. The Labute approximate surface area is 280 Å². The highest BCUT2D eigenvalue weighted by Crippen LogP contribution is 2.40. The predicted molar refractivity (Wildman–Crippen MR) is 192 cm³/mol. The minimum Gasteiger partial charge on any atom is -0.457 e. The molecule has 1 fully saturated rings. The molecule has 3 heterocycles. The zero-order chi connectivity index (χ0) is 32.9. The molecule has 6 rings (SSSR count). The third kappa shape index (κ3) is 7.70. The Balaban J connectivity index is 1.35. The Hall–Kier alpha value is -4.16. The fourth-order valence-corrected chi connectivity index (χ4v) is 6.94. The summed E-state index contributed by atoms with van der Waals surface area (Å²) >= 11 is 0. The van der Waals surface area contributed by atoms with Crippen molar-refractivity contribution in [1.29, 1.82) is 0 Å². The molecule has 2 aliphatic heterocycles. The van der Waals surface area contributed by atoms with Gasteiger partial charge in [0.1, 0.15) is 11.5 Å². The summed E-state index contributed by atoms with van der Waals surface area (Å²) in [5, 5.41) is 8.86. The predicted octanol–water partition coefficient (Wildman–Crippen LogP) is 9.41. The van der Waals surface area contributed by atoms with E-state index in [2.05, 4.69) is 80.2 Å². The molecule has 3 aliphatic rings. The third-order valence-electron chi connectivity index (χ3n) is 10.2. The van der Waals surface area contributed by atoms with Gasteiger partial charge < -0.3 is 9.64 Å². The number of hydrogen-bond donors (Lipinski definition) is 0. The summed E-state index contributed by atoms with van der Waals surface area (Å²) in [6.07, 6.45) is 17.2. The first-order valence-electron chi connectivity index (χ1n) is 17.4. The van der Waals surface area contributed by atoms with Gasteiger partial charge in [0.15, 0.2) is 5.78 Å². The number of aliphatic imine (C=N–C) groups is 1. The average molecular weight is 629 g/mol. The van der Waals surface area contributed by atoms with E-state index in [9.17, 15) is 4.79 Å². The number of likely N-dealkylation sites (tertiary alicyclic amines) is 1. The summed E-state index contributed by atoms with van der Waals surface area (Å²) in [5.74, 6) is 2.96. The first kappa shape index (κ1) is 32.8. The highest BCUT2D eigenvalue weighted by atomic mass is 16.5. The van der Waals surface area contributed by atoms with E-state index < -0.39 is 0 Å². The van der Waals surface area contributed by atoms with Gasteiger partial charge in [-0.05, 0) is 118 Å². The van der Waals surface area contributed by atoms with Crippen molar-refractivity contribution in [1.82, 2.24) is 15.1 Å². The minimum atomic E-state index is -0.0839. The van der Waals surface area contributed by atoms with Crippen LogP contribution in [0.4, 0.5) is 5.69 Å². The number of rotatable bonds is 8. The Morgan fingerprint density at radius 2 is 1.77 bits per heavy atom. The second kappa shape index (κ2) is 14.7. The first-order valence-corrected chi connectivity index (χ1v) is 17.4. The van der Waals surface area contributed by atoms with Crippen molar-refractivity contribution in [3.05, 3.63) is 95.7 Å². The van der Waals surface area contributed by atoms with Crippen LogP contribution in [0.15, 0.2) is 83.9 Å². The highest BCUT2D eigenvalue weighted by Gasteiger charge is 2.29. The van der Waals surface area contributed by atoms with E-state index in [1.165, 1.54) is 5.71 Å². The van der Waals surface area contributed by atoms with Gasteiger partial charge in [0, 0.05) is 40.7 Å². The second-order valence-corrected chi connectivity index (χ2v) is 13.8. The summed E-state index contributed by atoms with van der Waals surface area (Å²) in [5.41, 5.74) is 7.30. The van der Waals surface area contributed by atoms with Crippen molar-refractivity contribution in [3.8, 4) is 22.8 Å². The van der Waals surface area contributed by atoms with Crippen LogP contribution < -0.4 is 4.74 Å². The standard InChI is InChI=1S/C41H48N4O2/c1-6-29-12-13-33-25-34(24-32-10-8-7-9-11-39(46)28(32)4)40(26-38(33)42-41(29)31-20-22-45(5)23-21-31)47-35-16-14-30(15-17-35)37-19-18-36(27(2)3)43-44-37/h7-9,11-19,25-29,31-32H,6,10,20-24H2,1-5H3. The van der Waals surface area contributed by atoms with Crippen LogP contribution in [0.1, 0.15) is 76.1 Å². The zero-order valence-corrected chi connectivity index (χ0v) is 28.5. The molecule has 0 saturated carbocycles. The van der Waals surface area contributed by atoms with E-state index in [-0.39, 0.29) is 17.6 Å². The van der Waals surface area contributed by atoms with Gasteiger partial charge >= 0.3 is 0 Å². The first-order chi connectivity index (χ1) is 22.8. The second-order valence-electron chi connectivity index (χ2n) is 13.8. The number of aromatic nitrogens is 2. The molecule has 0 spiro atoms. The number of nitrogens with zero attached hydrogens (tertiary/aromatic N) is 4. The lowest BCUT2D eigenvalue weighted by atomic mass is 9.81. The summed E-state index contributed by atoms with van der Waals surface area (Å²) in [4.78, 5) is 20.7. The van der Waals surface area contributed by atoms with Crippen LogP contribution in [0.25, 0.3) is 17.3 Å². The van der Waals surface area contributed by atoms with Crippen molar-refractivity contribution < 1.29 is 9.53 Å². The maximum absolute atomic E-state index is 12.9. The zero-order valence-electron chi connectivity index (χ0n) is 28.5. The number of allylic oxidation sites excluding steroid dienone is 5. The number of ketones is 1. The van der Waals surface area contributed by atoms with Gasteiger partial charge in [0.05, 0.1) is 17.1 Å². The number of hydrogen-bond acceptors (Lipinski definition) is 6. The number of ether oxygens (including phenoxy) is 1. The highest BCUT2D eigenvalue weighted by molar-refractivity contribution is 5.95. The molecule has 1 saturated heterocycles. The maximum Gasteiger partial charge on any atom is 0.158 e. The summed E-state index contributed by atoms with van der Waals surface area (Å²) in [7, 11) is 2.21. The summed E-state index contributed by atoms with van der Waals surface area (Å²) in [6.45, 7) is 10.8. The molecule has 0 radical (unpaired) electrons. The van der Waals surface area contributed by atoms with Crippen LogP contribution in [-0.2, 0) is 11.2 Å². The lowest BCUT2D eigenvalue weighted by Gasteiger charge is -2.31. The number of benzene rings is 2. The number of carbonyl (C=O) groups is 1. The van der Waals surface area contributed by atoms with Gasteiger partial charge in [0.25, 0.3) is 0 Å². The normalized spacial score (nSPS) is 22.0. The molecular formula is C41H48N4O2. The Morgan fingerprint density at radius 3 is 2.47 bits per heavy atom. The Morgan fingerprint density at radius 1 is 0.979 bits per heavy atom. The van der Waals surface area contributed by atoms with Crippen LogP contribution in [0, 0.1) is 23.7 Å². The molecule has 244 valence electrons. The Kier molecular flexibility index (Phi) is 10.3. The quantitative estimate of drug-likeness (QED) is 0.249. The molecule has 3 unspecified atom stereocenters. The van der Waals surface area contributed by atoms with Crippen molar-refractivity contribution in [2.75, 3.05) is 20.1 Å². The van der Waals surface area contributed by atoms with Crippen molar-refractivity contribution >= 4 is 23.3 Å². The van der Waals surface area contributed by atoms with Crippen LogP contribution in [0.2, 0.25) is 0 Å². The van der Waals surface area contributed by atoms with E-state index in [0.717, 1.165) is 90.5 Å². The van der Waals surface area contributed by atoms with Crippen LogP contribution >= 0.6 is 0 Å². The minimum absolute atomic E-state index is 0.0839. The van der Waals surface area contributed by atoms with Gasteiger partial charge in [-0.3, -0.25) is 9.79 Å². The molecule has 1 aromatic heterocycles. The van der Waals surface area contributed by atoms with Gasteiger partial charge in [-0.15, -0.1) is 0 Å². The molecule has 2 aromatic carbocycles. The van der Waals surface area contributed by atoms with E-state index in [1.807, 2.05) is 48.6 Å². The molecule has 0 N–H and O–H groups in total. The number of fused-ring (bicyclic) bond motifs is 1. The lowest BCUT2D eigenvalue weighted by molar-refractivity contribution is -0.119. The molecule has 6 heteroatoms. The summed E-state index contributed by atoms with van der Waals surface area (Å²) < 4.78 is 6.71. The van der Waals surface area contributed by atoms with E-state index in [0.29, 0.717) is 17.8 Å². The monoisotopic (exact) mass is 628 g/mol. The molecule has 3 aromatic rings. The van der Waals surface area contributed by atoms with Gasteiger partial charge in [-0.2, -0.15) is 10.2 Å². The van der Waals surface area contributed by atoms with Crippen molar-refractivity contribution in [2.24, 2.45) is 28.7 Å². The molecule has 6 nitrogen and oxygen atoms in total. The molecule has 47 heavy (non-hydrogen) atoms. The molecule has 3 atom stereocenters. The van der Waals surface area contributed by atoms with E-state index in [1.54, 1.807) is 6.08 Å². The molecule has 0 bridgehead atoms. The molecular weight excluding hydrogens is 580 g/mol. The fraction of sp³-hybridized carbons (Fsp3) is 0.415. The lowest BCUT2D eigenvalue weighted by Crippen LogP contribution is -2.35. The molecule has 1 aliphatic carbocycles. The van der Waals surface area contributed by atoms with Crippen LogP contribution in [0.5, 0.6) is 11.5 Å². The maximum atomic E-state index is 12.9. The third-order valence-corrected chi connectivity index (χ3v) is 10.2.